The number of nitrogens with zero attached hydrogens (tertiary/aromatic N) is 3. The van der Waals surface area contributed by atoms with Gasteiger partial charge in [-0.1, -0.05) is 30.3 Å². The molecule has 3 aromatic rings. The Labute approximate surface area is 159 Å². The Morgan fingerprint density at radius 1 is 1.19 bits per heavy atom. The number of hydrogen-bond acceptors (Lipinski definition) is 3. The summed E-state index contributed by atoms with van der Waals surface area (Å²) in [5, 5.41) is 0. The third-order valence-electron chi connectivity index (χ3n) is 5.01. The molecule has 1 aliphatic heterocycles. The second kappa shape index (κ2) is 7.53. The van der Waals surface area contributed by atoms with E-state index in [2.05, 4.69) is 0 Å². The summed E-state index contributed by atoms with van der Waals surface area (Å²) in [6.07, 6.45) is 1.95. The second-order valence-electron chi connectivity index (χ2n) is 7.24. The Bertz CT molecular complexity index is 927. The summed E-state index contributed by atoms with van der Waals surface area (Å²) in [4.78, 5) is 19.9. The molecule has 0 saturated carbocycles. The van der Waals surface area contributed by atoms with Crippen molar-refractivity contribution < 1.29 is 9.53 Å². The van der Waals surface area contributed by atoms with Gasteiger partial charge in [-0.2, -0.15) is 0 Å². The van der Waals surface area contributed by atoms with Crippen LogP contribution in [0.4, 0.5) is 5.69 Å². The molecule has 0 spiro atoms. The molecule has 1 unspecified atom stereocenters. The average Bonchev–Trinajstić information content (AvgIpc) is 3.31. The van der Waals surface area contributed by atoms with Gasteiger partial charge >= 0.3 is 0 Å². The van der Waals surface area contributed by atoms with Crippen molar-refractivity contribution in [3.8, 4) is 0 Å². The van der Waals surface area contributed by atoms with Crippen molar-refractivity contribution in [1.82, 2.24) is 9.55 Å². The molecule has 2 heterocycles. The van der Waals surface area contributed by atoms with Gasteiger partial charge in [0.15, 0.2) is 0 Å². The topological polar surface area (TPSA) is 47.4 Å². The van der Waals surface area contributed by atoms with Crippen LogP contribution in [0.2, 0.25) is 0 Å². The van der Waals surface area contributed by atoms with E-state index in [0.717, 1.165) is 42.0 Å². The molecule has 5 nitrogen and oxygen atoms in total. The summed E-state index contributed by atoms with van der Waals surface area (Å²) >= 11 is 0. The van der Waals surface area contributed by atoms with Crippen LogP contribution in [0.15, 0.2) is 54.6 Å². The monoisotopic (exact) mass is 363 g/mol. The van der Waals surface area contributed by atoms with Crippen molar-refractivity contribution in [1.29, 1.82) is 0 Å². The predicted octanol–water partition coefficient (Wildman–Crippen LogP) is 4.33. The summed E-state index contributed by atoms with van der Waals surface area (Å²) in [6.45, 7) is 5.09. The summed E-state index contributed by atoms with van der Waals surface area (Å²) in [5.41, 5.74) is 2.81. The summed E-state index contributed by atoms with van der Waals surface area (Å²) in [7, 11) is 0. The molecule has 0 bridgehead atoms. The zero-order valence-electron chi connectivity index (χ0n) is 15.8. The number of anilines is 1. The number of aromatic nitrogens is 2. The maximum atomic E-state index is 13.3. The van der Waals surface area contributed by atoms with Gasteiger partial charge in [-0.25, -0.2) is 4.98 Å². The molecule has 1 aromatic heterocycles. The van der Waals surface area contributed by atoms with Crippen molar-refractivity contribution in [2.75, 3.05) is 11.5 Å². The molecule has 0 N–H and O–H groups in total. The minimum atomic E-state index is -0.0329. The second-order valence-corrected chi connectivity index (χ2v) is 7.24. The Morgan fingerprint density at radius 2 is 1.93 bits per heavy atom. The fraction of sp³-hybridized carbons (Fsp3) is 0.364. The first-order valence-corrected chi connectivity index (χ1v) is 9.59. The number of carbonyl (C=O) groups excluding carboxylic acids is 1. The van der Waals surface area contributed by atoms with Gasteiger partial charge in [-0.05, 0) is 51.0 Å². The van der Waals surface area contributed by atoms with Crippen LogP contribution < -0.4 is 4.90 Å². The molecule has 0 radical (unpaired) electrons. The van der Waals surface area contributed by atoms with Gasteiger partial charge in [0.2, 0.25) is 5.91 Å². The van der Waals surface area contributed by atoms with E-state index in [0.29, 0.717) is 0 Å². The number of imidazole rings is 1. The average molecular weight is 363 g/mol. The van der Waals surface area contributed by atoms with E-state index in [9.17, 15) is 4.79 Å². The van der Waals surface area contributed by atoms with Crippen LogP contribution in [0.1, 0.15) is 38.6 Å². The van der Waals surface area contributed by atoms with Crippen LogP contribution in [0.3, 0.4) is 0 Å². The molecule has 27 heavy (non-hydrogen) atoms. The SMILES string of the molecule is CC(C)N(C(=O)Cn1c(C2CCCO2)nc2ccccc21)c1ccccc1. The molecular weight excluding hydrogens is 338 g/mol. The van der Waals surface area contributed by atoms with Crippen molar-refractivity contribution in [2.24, 2.45) is 0 Å². The highest BCUT2D eigenvalue weighted by atomic mass is 16.5. The lowest BCUT2D eigenvalue weighted by molar-refractivity contribution is -0.119. The molecule has 5 heteroatoms. The third-order valence-corrected chi connectivity index (χ3v) is 5.01. The maximum absolute atomic E-state index is 13.3. The quantitative estimate of drug-likeness (QED) is 0.678. The van der Waals surface area contributed by atoms with Gasteiger partial charge in [0, 0.05) is 18.3 Å². The molecule has 1 fully saturated rings. The smallest absolute Gasteiger partial charge is 0.247 e. The Morgan fingerprint density at radius 3 is 2.63 bits per heavy atom. The molecule has 2 aromatic carbocycles. The van der Waals surface area contributed by atoms with Gasteiger partial charge in [0.05, 0.1) is 11.0 Å². The minimum Gasteiger partial charge on any atom is -0.370 e. The number of hydrogen-bond donors (Lipinski definition) is 0. The van der Waals surface area contributed by atoms with E-state index in [1.54, 1.807) is 0 Å². The third kappa shape index (κ3) is 3.47. The number of rotatable bonds is 5. The van der Waals surface area contributed by atoms with E-state index in [-0.39, 0.29) is 24.6 Å². The number of amides is 1. The summed E-state index contributed by atoms with van der Waals surface area (Å²) in [5.74, 6) is 0.914. The molecule has 1 atom stereocenters. The zero-order valence-corrected chi connectivity index (χ0v) is 15.8. The van der Waals surface area contributed by atoms with Gasteiger partial charge in [0.25, 0.3) is 0 Å². The standard InChI is InChI=1S/C22H25N3O2/c1-16(2)25(17-9-4-3-5-10-17)21(26)15-24-19-12-7-6-11-18(19)23-22(24)20-13-8-14-27-20/h3-7,9-12,16,20H,8,13-15H2,1-2H3. The molecular formula is C22H25N3O2. The fourth-order valence-electron chi connectivity index (χ4n) is 3.82. The first-order chi connectivity index (χ1) is 13.1. The van der Waals surface area contributed by atoms with Crippen LogP contribution in [0, 0.1) is 0 Å². The number of ether oxygens (including phenoxy) is 1. The number of benzene rings is 2. The highest BCUT2D eigenvalue weighted by Crippen LogP contribution is 2.31. The first kappa shape index (κ1) is 17.7. The maximum Gasteiger partial charge on any atom is 0.247 e. The molecule has 140 valence electrons. The van der Waals surface area contributed by atoms with Crippen LogP contribution in [-0.4, -0.2) is 28.1 Å². The van der Waals surface area contributed by atoms with Crippen molar-refractivity contribution in [3.05, 3.63) is 60.4 Å². The molecule has 1 aliphatic rings. The van der Waals surface area contributed by atoms with Gasteiger partial charge < -0.3 is 14.2 Å². The predicted molar refractivity (Wildman–Crippen MR) is 107 cm³/mol. The lowest BCUT2D eigenvalue weighted by Gasteiger charge is -2.27. The van der Waals surface area contributed by atoms with Crippen LogP contribution in [0.5, 0.6) is 0 Å². The van der Waals surface area contributed by atoms with Crippen LogP contribution >= 0.6 is 0 Å². The molecule has 4 rings (SSSR count). The van der Waals surface area contributed by atoms with Gasteiger partial charge in [-0.15, -0.1) is 0 Å². The van der Waals surface area contributed by atoms with E-state index in [1.807, 2.05) is 77.9 Å². The number of carbonyl (C=O) groups is 1. The van der Waals surface area contributed by atoms with E-state index < -0.39 is 0 Å². The van der Waals surface area contributed by atoms with Crippen LogP contribution in [0.25, 0.3) is 11.0 Å². The van der Waals surface area contributed by atoms with Crippen molar-refractivity contribution in [3.63, 3.8) is 0 Å². The Kier molecular flexibility index (Phi) is 4.94. The van der Waals surface area contributed by atoms with Gasteiger partial charge in [0.1, 0.15) is 18.5 Å². The van der Waals surface area contributed by atoms with E-state index >= 15 is 0 Å². The van der Waals surface area contributed by atoms with Gasteiger partial charge in [-0.3, -0.25) is 4.79 Å². The van der Waals surface area contributed by atoms with Crippen LogP contribution in [-0.2, 0) is 16.1 Å². The lowest BCUT2D eigenvalue weighted by atomic mass is 10.2. The first-order valence-electron chi connectivity index (χ1n) is 9.59. The number of fused-ring (bicyclic) bond motifs is 1. The lowest BCUT2D eigenvalue weighted by Crippen LogP contribution is -2.39. The molecule has 0 aliphatic carbocycles. The summed E-state index contributed by atoms with van der Waals surface area (Å²) < 4.78 is 7.91. The van der Waals surface area contributed by atoms with E-state index in [1.165, 1.54) is 0 Å². The summed E-state index contributed by atoms with van der Waals surface area (Å²) in [6, 6.07) is 17.9. The minimum absolute atomic E-state index is 0.0329. The fourth-order valence-corrected chi connectivity index (χ4v) is 3.82. The largest absolute Gasteiger partial charge is 0.370 e. The highest BCUT2D eigenvalue weighted by molar-refractivity contribution is 5.94. The van der Waals surface area contributed by atoms with Crippen molar-refractivity contribution >= 4 is 22.6 Å². The molecule has 1 saturated heterocycles. The normalized spacial score (nSPS) is 16.9. The van der Waals surface area contributed by atoms with Crippen molar-refractivity contribution in [2.45, 2.75) is 45.4 Å². The zero-order chi connectivity index (χ0) is 18.8. The Hall–Kier alpha value is -2.66. The highest BCUT2D eigenvalue weighted by Gasteiger charge is 2.27. The number of para-hydroxylation sites is 3. The Balaban J connectivity index is 1.71. The van der Waals surface area contributed by atoms with E-state index in [4.69, 9.17) is 9.72 Å². The molecule has 1 amide bonds.